The van der Waals surface area contributed by atoms with Gasteiger partial charge in [-0.3, -0.25) is 0 Å². The minimum absolute atomic E-state index is 0.852. The van der Waals surface area contributed by atoms with Gasteiger partial charge in [-0.15, -0.1) is 11.3 Å². The van der Waals surface area contributed by atoms with E-state index in [0.717, 1.165) is 35.2 Å². The molecule has 0 saturated heterocycles. The van der Waals surface area contributed by atoms with Gasteiger partial charge in [0.15, 0.2) is 0 Å². The fraction of sp³-hybridized carbons (Fsp3) is 0.464. The van der Waals surface area contributed by atoms with Crippen molar-refractivity contribution in [1.82, 2.24) is 4.98 Å². The fourth-order valence-electron chi connectivity index (χ4n) is 3.67. The van der Waals surface area contributed by atoms with Crippen molar-refractivity contribution < 1.29 is 0 Å². The lowest BCUT2D eigenvalue weighted by molar-refractivity contribution is 0.457. The molecule has 0 radical (unpaired) electrons. The lowest BCUT2D eigenvalue weighted by Gasteiger charge is -2.16. The van der Waals surface area contributed by atoms with Crippen molar-refractivity contribution in [3.63, 3.8) is 0 Å². The Hall–Kier alpha value is -2.13. The van der Waals surface area contributed by atoms with Crippen LogP contribution in [0.5, 0.6) is 0 Å². The zero-order chi connectivity index (χ0) is 22.5. The SMILES string of the molecule is CC(C)C(C)C.Cc1cc(Cc2nc(-c3ccc4c(c3)CCCC4)cs2)c(C)cc1N. The Bertz CT molecular complexity index is 1010. The van der Waals surface area contributed by atoms with Crippen LogP contribution in [0, 0.1) is 25.7 Å². The van der Waals surface area contributed by atoms with Gasteiger partial charge in [0.25, 0.3) is 0 Å². The molecule has 0 unspecified atom stereocenters. The molecule has 2 aromatic carbocycles. The Labute approximate surface area is 192 Å². The number of benzene rings is 2. The third kappa shape index (κ3) is 6.20. The number of aromatic nitrogens is 1. The van der Waals surface area contributed by atoms with Crippen LogP contribution in [0.15, 0.2) is 35.7 Å². The largest absolute Gasteiger partial charge is 0.399 e. The van der Waals surface area contributed by atoms with Crippen molar-refractivity contribution in [2.75, 3.05) is 5.73 Å². The van der Waals surface area contributed by atoms with Gasteiger partial charge in [0, 0.05) is 23.1 Å². The minimum Gasteiger partial charge on any atom is -0.399 e. The molecule has 0 amide bonds. The summed E-state index contributed by atoms with van der Waals surface area (Å²) in [5, 5.41) is 3.36. The van der Waals surface area contributed by atoms with Crippen molar-refractivity contribution in [1.29, 1.82) is 0 Å². The summed E-state index contributed by atoms with van der Waals surface area (Å²) in [5.74, 6) is 1.70. The molecule has 2 N–H and O–H groups in total. The van der Waals surface area contributed by atoms with E-state index >= 15 is 0 Å². The molecule has 0 spiro atoms. The molecule has 3 aromatic rings. The number of nitrogens with zero attached hydrogens (tertiary/aromatic N) is 1. The van der Waals surface area contributed by atoms with Crippen molar-refractivity contribution in [2.45, 2.75) is 73.6 Å². The normalized spacial score (nSPS) is 13.2. The molecule has 0 aliphatic heterocycles. The molecule has 31 heavy (non-hydrogen) atoms. The number of nitrogen functional groups attached to an aromatic ring is 1. The Balaban J connectivity index is 0.000000401. The molecule has 3 heteroatoms. The van der Waals surface area contributed by atoms with Gasteiger partial charge in [-0.25, -0.2) is 4.98 Å². The maximum Gasteiger partial charge on any atom is 0.0976 e. The van der Waals surface area contributed by atoms with E-state index in [-0.39, 0.29) is 0 Å². The van der Waals surface area contributed by atoms with Crippen molar-refractivity contribution in [2.24, 2.45) is 11.8 Å². The summed E-state index contributed by atoms with van der Waals surface area (Å²) in [7, 11) is 0. The lowest BCUT2D eigenvalue weighted by Crippen LogP contribution is -2.02. The first-order valence-electron chi connectivity index (χ1n) is 11.7. The zero-order valence-corrected chi connectivity index (χ0v) is 20.9. The Kier molecular flexibility index (Phi) is 7.94. The predicted octanol–water partition coefficient (Wildman–Crippen LogP) is 7.78. The first kappa shape index (κ1) is 23.5. The predicted molar refractivity (Wildman–Crippen MR) is 137 cm³/mol. The maximum atomic E-state index is 6.01. The monoisotopic (exact) mass is 434 g/mol. The van der Waals surface area contributed by atoms with Gasteiger partial charge in [-0.1, -0.05) is 45.9 Å². The summed E-state index contributed by atoms with van der Waals surface area (Å²) in [5.41, 5.74) is 16.0. The molecule has 1 aliphatic carbocycles. The van der Waals surface area contributed by atoms with E-state index in [2.05, 4.69) is 77.3 Å². The van der Waals surface area contributed by atoms with Gasteiger partial charge in [-0.05, 0) is 91.3 Å². The first-order valence-corrected chi connectivity index (χ1v) is 12.5. The number of hydrogen-bond donors (Lipinski definition) is 1. The quantitative estimate of drug-likeness (QED) is 0.426. The first-order chi connectivity index (χ1) is 14.7. The van der Waals surface area contributed by atoms with E-state index in [1.54, 1.807) is 11.3 Å². The molecule has 0 bridgehead atoms. The van der Waals surface area contributed by atoms with Gasteiger partial charge >= 0.3 is 0 Å². The smallest absolute Gasteiger partial charge is 0.0976 e. The molecule has 0 saturated carbocycles. The van der Waals surface area contributed by atoms with Crippen molar-refractivity contribution in [3.05, 3.63) is 68.5 Å². The number of hydrogen-bond acceptors (Lipinski definition) is 3. The van der Waals surface area contributed by atoms with Gasteiger partial charge in [-0.2, -0.15) is 0 Å². The molecule has 2 nitrogen and oxygen atoms in total. The Morgan fingerprint density at radius 2 is 1.58 bits per heavy atom. The van der Waals surface area contributed by atoms with Crippen LogP contribution < -0.4 is 5.73 Å². The fourth-order valence-corrected chi connectivity index (χ4v) is 4.50. The van der Waals surface area contributed by atoms with E-state index in [4.69, 9.17) is 10.7 Å². The third-order valence-electron chi connectivity index (χ3n) is 6.60. The average Bonchev–Trinajstić information content (AvgIpc) is 3.20. The Morgan fingerprint density at radius 3 is 2.26 bits per heavy atom. The van der Waals surface area contributed by atoms with Crippen LogP contribution in [0.25, 0.3) is 11.3 Å². The average molecular weight is 435 g/mol. The second-order valence-corrected chi connectivity index (χ2v) is 10.6. The van der Waals surface area contributed by atoms with Crippen LogP contribution in [-0.4, -0.2) is 4.98 Å². The number of anilines is 1. The number of thiazole rings is 1. The van der Waals surface area contributed by atoms with Gasteiger partial charge in [0.05, 0.1) is 10.7 Å². The molecule has 0 fully saturated rings. The number of aryl methyl sites for hydroxylation is 4. The van der Waals surface area contributed by atoms with Gasteiger partial charge in [0.1, 0.15) is 0 Å². The number of rotatable bonds is 4. The highest BCUT2D eigenvalue weighted by molar-refractivity contribution is 7.10. The van der Waals surface area contributed by atoms with Crippen molar-refractivity contribution in [3.8, 4) is 11.3 Å². The second kappa shape index (κ2) is 10.5. The highest BCUT2D eigenvalue weighted by atomic mass is 32.1. The standard InChI is InChI=1S/C22H24N2S.C6H14/c1-14-10-20(23)15(2)9-19(14)12-22-24-21(13-25-22)18-8-7-16-5-3-4-6-17(16)11-18;1-5(2)6(3)4/h7-11,13H,3-6,12,23H2,1-2H3;5-6H,1-4H3. The maximum absolute atomic E-state index is 6.01. The summed E-state index contributed by atoms with van der Waals surface area (Å²) < 4.78 is 0. The molecule has 1 aromatic heterocycles. The number of nitrogens with two attached hydrogens (primary N) is 1. The van der Waals surface area contributed by atoms with Crippen LogP contribution in [0.3, 0.4) is 0 Å². The molecular formula is C28H38N2S. The molecular weight excluding hydrogens is 396 g/mol. The molecule has 1 aliphatic rings. The van der Waals surface area contributed by atoms with Gasteiger partial charge < -0.3 is 5.73 Å². The minimum atomic E-state index is 0.852. The van der Waals surface area contributed by atoms with E-state index in [1.807, 2.05) is 0 Å². The highest BCUT2D eigenvalue weighted by Crippen LogP contribution is 2.29. The molecule has 4 rings (SSSR count). The summed E-state index contributed by atoms with van der Waals surface area (Å²) in [6.07, 6.45) is 5.96. The summed E-state index contributed by atoms with van der Waals surface area (Å²) in [6, 6.07) is 11.2. The van der Waals surface area contributed by atoms with Crippen LogP contribution in [0.2, 0.25) is 0 Å². The van der Waals surface area contributed by atoms with Crippen LogP contribution in [-0.2, 0) is 19.3 Å². The molecule has 166 valence electrons. The highest BCUT2D eigenvalue weighted by Gasteiger charge is 2.12. The van der Waals surface area contributed by atoms with Crippen molar-refractivity contribution >= 4 is 17.0 Å². The van der Waals surface area contributed by atoms with E-state index < -0.39 is 0 Å². The van der Waals surface area contributed by atoms with Gasteiger partial charge in [0.2, 0.25) is 0 Å². The van der Waals surface area contributed by atoms with E-state index in [9.17, 15) is 0 Å². The summed E-state index contributed by atoms with van der Waals surface area (Å²) in [6.45, 7) is 13.2. The van der Waals surface area contributed by atoms with E-state index in [0.29, 0.717) is 0 Å². The van der Waals surface area contributed by atoms with Crippen LogP contribution in [0.1, 0.15) is 73.4 Å². The molecule has 0 atom stereocenters. The van der Waals surface area contributed by atoms with E-state index in [1.165, 1.54) is 58.5 Å². The summed E-state index contributed by atoms with van der Waals surface area (Å²) >= 11 is 1.75. The Morgan fingerprint density at radius 1 is 0.903 bits per heavy atom. The topological polar surface area (TPSA) is 38.9 Å². The zero-order valence-electron chi connectivity index (χ0n) is 20.1. The summed E-state index contributed by atoms with van der Waals surface area (Å²) in [4.78, 5) is 4.91. The van der Waals surface area contributed by atoms with Crippen LogP contribution in [0.4, 0.5) is 5.69 Å². The third-order valence-corrected chi connectivity index (χ3v) is 7.44. The second-order valence-electron chi connectivity index (χ2n) is 9.62. The lowest BCUT2D eigenvalue weighted by atomic mass is 9.90. The number of fused-ring (bicyclic) bond motifs is 1. The molecule has 1 heterocycles. The van der Waals surface area contributed by atoms with Crippen LogP contribution >= 0.6 is 11.3 Å².